The minimum atomic E-state index is -0.731. The van der Waals surface area contributed by atoms with Gasteiger partial charge in [0.25, 0.3) is 0 Å². The molecule has 0 radical (unpaired) electrons. The lowest BCUT2D eigenvalue weighted by Crippen LogP contribution is -2.61. The average molecular weight is 431 g/mol. The number of hydrogen-bond donors (Lipinski definition) is 1. The molecule has 6 unspecified atom stereocenters. The first-order valence-corrected chi connectivity index (χ1v) is 10.7. The summed E-state index contributed by atoms with van der Waals surface area (Å²) in [5.41, 5.74) is 2.16. The Bertz CT molecular complexity index is 946. The summed E-state index contributed by atoms with van der Waals surface area (Å²) in [5.74, 6) is 2.04. The van der Waals surface area contributed by atoms with Gasteiger partial charge in [-0.1, -0.05) is 11.6 Å². The Morgan fingerprint density at radius 2 is 1.94 bits per heavy atom. The van der Waals surface area contributed by atoms with Crippen LogP contribution in [0, 0.1) is 5.92 Å². The fourth-order valence-corrected chi connectivity index (χ4v) is 6.56. The second kappa shape index (κ2) is 7.39. The third kappa shape index (κ3) is 2.55. The molecule has 31 heavy (non-hydrogen) atoms. The molecule has 168 valence electrons. The molecule has 6 rings (SSSR count). The van der Waals surface area contributed by atoms with Crippen molar-refractivity contribution >= 4 is 11.6 Å². The number of hydrogen-bond acceptors (Lipinski definition) is 7. The normalized spacial score (nSPS) is 36.1. The summed E-state index contributed by atoms with van der Waals surface area (Å²) >= 11 is 0. The van der Waals surface area contributed by atoms with Gasteiger partial charge in [-0.3, -0.25) is 9.69 Å². The monoisotopic (exact) mass is 430 g/mol. The molecule has 0 aliphatic carbocycles. The van der Waals surface area contributed by atoms with Gasteiger partial charge >= 0.3 is 0 Å². The molecule has 1 spiro atoms. The van der Waals surface area contributed by atoms with Crippen LogP contribution in [0.25, 0.3) is 0 Å². The summed E-state index contributed by atoms with van der Waals surface area (Å²) in [6.07, 6.45) is 3.74. The van der Waals surface area contributed by atoms with Crippen LogP contribution in [-0.2, 0) is 19.7 Å². The maximum Gasteiger partial charge on any atom is 0.237 e. The first-order valence-electron chi connectivity index (χ1n) is 10.7. The van der Waals surface area contributed by atoms with E-state index in [1.807, 2.05) is 0 Å². The highest BCUT2D eigenvalue weighted by Gasteiger charge is 2.69. The van der Waals surface area contributed by atoms with Crippen LogP contribution in [0.2, 0.25) is 0 Å². The van der Waals surface area contributed by atoms with Gasteiger partial charge in [-0.05, 0) is 12.8 Å². The number of piperidine rings is 3. The van der Waals surface area contributed by atoms with Gasteiger partial charge in [-0.25, -0.2) is 0 Å². The van der Waals surface area contributed by atoms with Crippen LogP contribution in [0.1, 0.15) is 18.4 Å². The van der Waals surface area contributed by atoms with E-state index in [1.165, 1.54) is 5.57 Å². The third-order valence-corrected chi connectivity index (χ3v) is 7.75. The average Bonchev–Trinajstić information content (AvgIpc) is 3.22. The predicted octanol–water partition coefficient (Wildman–Crippen LogP) is 1.97. The summed E-state index contributed by atoms with van der Waals surface area (Å²) in [7, 11) is 8.31. The summed E-state index contributed by atoms with van der Waals surface area (Å²) < 4.78 is 28.3. The Hall–Kier alpha value is -2.29. The van der Waals surface area contributed by atoms with E-state index in [0.717, 1.165) is 18.5 Å². The molecule has 5 aliphatic heterocycles. The fourth-order valence-electron chi connectivity index (χ4n) is 6.56. The Balaban J connectivity index is 1.67. The summed E-state index contributed by atoms with van der Waals surface area (Å²) in [5, 5.41) is 3.12. The van der Waals surface area contributed by atoms with E-state index in [9.17, 15) is 4.79 Å². The van der Waals surface area contributed by atoms with E-state index < -0.39 is 5.41 Å². The van der Waals surface area contributed by atoms with Crippen molar-refractivity contribution in [3.63, 3.8) is 0 Å². The molecule has 4 fully saturated rings. The lowest BCUT2D eigenvalue weighted by Gasteiger charge is -2.52. The first-order chi connectivity index (χ1) is 15.0. The number of rotatable bonds is 6. The van der Waals surface area contributed by atoms with Crippen molar-refractivity contribution in [3.8, 4) is 17.2 Å². The number of methoxy groups -OCH3 is 5. The number of anilines is 1. The summed E-state index contributed by atoms with van der Waals surface area (Å²) in [4.78, 5) is 16.1. The molecule has 0 aromatic heterocycles. The van der Waals surface area contributed by atoms with Crippen LogP contribution in [0.5, 0.6) is 17.2 Å². The van der Waals surface area contributed by atoms with Gasteiger partial charge in [-0.2, -0.15) is 0 Å². The van der Waals surface area contributed by atoms with E-state index in [4.69, 9.17) is 23.7 Å². The number of nitrogens with zero attached hydrogens (tertiary/aromatic N) is 1. The van der Waals surface area contributed by atoms with Crippen molar-refractivity contribution in [1.82, 2.24) is 4.90 Å². The summed E-state index contributed by atoms with van der Waals surface area (Å²) in [6, 6.07) is 1.99. The minimum absolute atomic E-state index is 0.00433. The molecule has 4 saturated heterocycles. The molecule has 6 atom stereocenters. The maximum absolute atomic E-state index is 13.7. The van der Waals surface area contributed by atoms with Crippen molar-refractivity contribution in [2.75, 3.05) is 54.0 Å². The number of carbonyl (C=O) groups is 1. The lowest BCUT2D eigenvalue weighted by molar-refractivity contribution is -0.122. The molecular formula is C23H30N2O6. The van der Waals surface area contributed by atoms with Gasteiger partial charge in [0.2, 0.25) is 5.91 Å². The second-order valence-corrected chi connectivity index (χ2v) is 8.73. The van der Waals surface area contributed by atoms with E-state index >= 15 is 0 Å². The smallest absolute Gasteiger partial charge is 0.237 e. The van der Waals surface area contributed by atoms with Crippen molar-refractivity contribution < 1.29 is 28.5 Å². The second-order valence-electron chi connectivity index (χ2n) is 8.73. The van der Waals surface area contributed by atoms with Gasteiger partial charge in [-0.15, -0.1) is 0 Å². The maximum atomic E-state index is 13.7. The standard InChI is InChI=1S/C23H30N2O6/c1-27-7-6-12-11-25-14-10-23(17(25)8-13(12)20(14)30-4)18-19(24-22(23)26)15(28-2)9-16(29-3)21(18)31-5/h6,9,13-14,17,20H,7-8,10-11H2,1-5H3,(H,24,26). The van der Waals surface area contributed by atoms with E-state index in [0.29, 0.717) is 36.0 Å². The molecule has 1 amide bonds. The van der Waals surface area contributed by atoms with Gasteiger partial charge in [0.05, 0.1) is 45.1 Å². The lowest BCUT2D eigenvalue weighted by atomic mass is 9.70. The summed E-state index contributed by atoms with van der Waals surface area (Å²) in [6.45, 7) is 1.42. The molecule has 8 nitrogen and oxygen atoms in total. The highest BCUT2D eigenvalue weighted by atomic mass is 16.5. The zero-order valence-electron chi connectivity index (χ0n) is 18.7. The molecule has 1 aromatic rings. The van der Waals surface area contributed by atoms with Gasteiger partial charge in [0.15, 0.2) is 11.5 Å². The van der Waals surface area contributed by atoms with Crippen molar-refractivity contribution in [1.29, 1.82) is 0 Å². The van der Waals surface area contributed by atoms with Crippen LogP contribution in [-0.4, -0.2) is 77.7 Å². The van der Waals surface area contributed by atoms with Gasteiger partial charge in [0.1, 0.15) is 5.75 Å². The Morgan fingerprint density at radius 3 is 2.58 bits per heavy atom. The number of carbonyl (C=O) groups excluding carboxylic acids is 1. The first kappa shape index (κ1) is 20.6. The van der Waals surface area contributed by atoms with Crippen LogP contribution in [0.15, 0.2) is 17.7 Å². The number of benzene rings is 1. The zero-order valence-corrected chi connectivity index (χ0v) is 18.7. The fraction of sp³-hybridized carbons (Fsp3) is 0.609. The van der Waals surface area contributed by atoms with Crippen LogP contribution in [0.3, 0.4) is 0 Å². The molecule has 5 heterocycles. The number of fused-ring (bicyclic) bond motifs is 3. The van der Waals surface area contributed by atoms with Crippen LogP contribution >= 0.6 is 0 Å². The molecule has 5 aliphatic rings. The van der Waals surface area contributed by atoms with E-state index in [-0.39, 0.29) is 30.0 Å². The quantitative estimate of drug-likeness (QED) is 0.692. The zero-order chi connectivity index (χ0) is 21.9. The number of amides is 1. The Kier molecular flexibility index (Phi) is 4.91. The molecule has 0 saturated carbocycles. The Morgan fingerprint density at radius 1 is 1.16 bits per heavy atom. The third-order valence-electron chi connectivity index (χ3n) is 7.75. The predicted molar refractivity (Wildman–Crippen MR) is 114 cm³/mol. The largest absolute Gasteiger partial charge is 0.494 e. The van der Waals surface area contributed by atoms with Crippen molar-refractivity contribution in [2.24, 2.45) is 5.92 Å². The highest BCUT2D eigenvalue weighted by Crippen LogP contribution is 2.63. The molecule has 1 N–H and O–H groups in total. The van der Waals surface area contributed by atoms with Gasteiger partial charge in [0, 0.05) is 50.4 Å². The van der Waals surface area contributed by atoms with E-state index in [1.54, 1.807) is 41.6 Å². The molecule has 1 aromatic carbocycles. The van der Waals surface area contributed by atoms with E-state index in [2.05, 4.69) is 16.3 Å². The van der Waals surface area contributed by atoms with Gasteiger partial charge < -0.3 is 29.0 Å². The highest BCUT2D eigenvalue weighted by molar-refractivity contribution is 6.10. The molecule has 4 bridgehead atoms. The number of ether oxygens (including phenoxy) is 5. The number of nitrogens with one attached hydrogen (secondary N) is 1. The molecule has 8 heteroatoms. The van der Waals surface area contributed by atoms with Crippen LogP contribution < -0.4 is 19.5 Å². The topological polar surface area (TPSA) is 78.5 Å². The Labute approximate surface area is 182 Å². The van der Waals surface area contributed by atoms with Crippen molar-refractivity contribution in [2.45, 2.75) is 36.4 Å². The molecular weight excluding hydrogens is 400 g/mol. The van der Waals surface area contributed by atoms with Crippen LogP contribution in [0.4, 0.5) is 5.69 Å². The SMILES string of the molecule is COCC=C1CN2C3CC4(C(=O)Nc5c(OC)cc(OC)c(OC)c54)C2CC1C3OC. The van der Waals surface area contributed by atoms with Crippen molar-refractivity contribution in [3.05, 3.63) is 23.3 Å². The minimum Gasteiger partial charge on any atom is -0.494 e.